The van der Waals surface area contributed by atoms with Crippen LogP contribution in [0.1, 0.15) is 30.8 Å². The van der Waals surface area contributed by atoms with Crippen molar-refractivity contribution in [2.45, 2.75) is 39.3 Å². The molecule has 2 atom stereocenters. The number of hydrogen-bond acceptors (Lipinski definition) is 3. The van der Waals surface area contributed by atoms with Crippen molar-refractivity contribution in [3.63, 3.8) is 0 Å². The lowest BCUT2D eigenvalue weighted by Crippen LogP contribution is -2.34. The highest BCUT2D eigenvalue weighted by molar-refractivity contribution is 5.81. The number of carbonyl (C=O) groups is 2. The van der Waals surface area contributed by atoms with Crippen LogP contribution in [0.15, 0.2) is 0 Å². The topological polar surface area (TPSA) is 75.4 Å². The molecule has 1 aliphatic heterocycles. The Morgan fingerprint density at radius 1 is 1.24 bits per heavy atom. The summed E-state index contributed by atoms with van der Waals surface area (Å²) in [7, 11) is 1.77. The van der Waals surface area contributed by atoms with Gasteiger partial charge in [-0.15, -0.1) is 0 Å². The first-order chi connectivity index (χ1) is 11.6. The van der Waals surface area contributed by atoms with Crippen LogP contribution in [0.3, 0.4) is 0 Å². The summed E-state index contributed by atoms with van der Waals surface area (Å²) < 4.78 is 40.9. The third-order valence-electron chi connectivity index (χ3n) is 4.77. The molecule has 0 bridgehead atoms. The maximum Gasteiger partial charge on any atom is 0.394 e. The van der Waals surface area contributed by atoms with Crippen molar-refractivity contribution in [1.82, 2.24) is 14.7 Å². The number of carboxylic acids is 1. The van der Waals surface area contributed by atoms with E-state index in [1.807, 2.05) is 13.8 Å². The molecule has 1 amide bonds. The highest BCUT2D eigenvalue weighted by Crippen LogP contribution is 2.38. The molecule has 1 N–H and O–H groups in total. The molecule has 0 aliphatic carbocycles. The van der Waals surface area contributed by atoms with Crippen LogP contribution in [-0.2, 0) is 35.9 Å². The fourth-order valence-electron chi connectivity index (χ4n) is 3.45. The van der Waals surface area contributed by atoms with Crippen molar-refractivity contribution in [2.24, 2.45) is 18.9 Å². The van der Waals surface area contributed by atoms with Gasteiger partial charge in [0.25, 0.3) is 0 Å². The Kier molecular flexibility index (Phi) is 5.43. The second-order valence-corrected chi connectivity index (χ2v) is 6.27. The predicted octanol–water partition coefficient (Wildman–Crippen LogP) is 1.81. The van der Waals surface area contributed by atoms with Crippen LogP contribution in [0.2, 0.25) is 0 Å². The minimum absolute atomic E-state index is 0.0584. The first kappa shape index (κ1) is 19.3. The van der Waals surface area contributed by atoms with E-state index in [4.69, 9.17) is 5.11 Å². The first-order valence-electron chi connectivity index (χ1n) is 8.20. The summed E-state index contributed by atoms with van der Waals surface area (Å²) in [6.07, 6.45) is -3.44. The van der Waals surface area contributed by atoms with E-state index in [1.165, 1.54) is 0 Å². The number of carboxylic acid groups (broad SMARTS) is 1. The average molecular weight is 361 g/mol. The van der Waals surface area contributed by atoms with E-state index in [0.717, 1.165) is 21.9 Å². The third kappa shape index (κ3) is 3.80. The van der Waals surface area contributed by atoms with Crippen molar-refractivity contribution in [3.8, 4) is 0 Å². The van der Waals surface area contributed by atoms with E-state index in [-0.39, 0.29) is 6.42 Å². The van der Waals surface area contributed by atoms with Gasteiger partial charge in [0, 0.05) is 31.4 Å². The molecule has 25 heavy (non-hydrogen) atoms. The largest absolute Gasteiger partial charge is 0.481 e. The minimum Gasteiger partial charge on any atom is -0.481 e. The van der Waals surface area contributed by atoms with Gasteiger partial charge < -0.3 is 10.0 Å². The van der Waals surface area contributed by atoms with Crippen molar-refractivity contribution >= 4 is 11.9 Å². The summed E-state index contributed by atoms with van der Waals surface area (Å²) in [5, 5.41) is 13.4. The molecular weight excluding hydrogens is 339 g/mol. The summed E-state index contributed by atoms with van der Waals surface area (Å²) in [6, 6.07) is 0. The Balaban J connectivity index is 2.21. The second kappa shape index (κ2) is 7.05. The zero-order valence-corrected chi connectivity index (χ0v) is 14.4. The summed E-state index contributed by atoms with van der Waals surface area (Å²) in [5.74, 6) is -5.66. The fourth-order valence-corrected chi connectivity index (χ4v) is 3.45. The van der Waals surface area contributed by atoms with Gasteiger partial charge in [0.15, 0.2) is 0 Å². The van der Waals surface area contributed by atoms with E-state index in [2.05, 4.69) is 5.10 Å². The Morgan fingerprint density at radius 3 is 2.32 bits per heavy atom. The Labute approximate surface area is 143 Å². The Bertz CT molecular complexity index is 670. The number of hydrogen-bond donors (Lipinski definition) is 1. The Morgan fingerprint density at radius 2 is 1.88 bits per heavy atom. The van der Waals surface area contributed by atoms with Gasteiger partial charge in [0.2, 0.25) is 5.91 Å². The van der Waals surface area contributed by atoms with Gasteiger partial charge in [-0.3, -0.25) is 14.3 Å². The van der Waals surface area contributed by atoms with Crippen LogP contribution >= 0.6 is 0 Å². The van der Waals surface area contributed by atoms with Gasteiger partial charge in [-0.25, -0.2) is 0 Å². The SMILES string of the molecule is CCc1nn(C)c(CC)c1CC(=O)N1C[C@@H](C(F)(F)F)[C@H](C(=O)O)C1. The average Bonchev–Trinajstić information content (AvgIpc) is 3.08. The Hall–Kier alpha value is -2.06. The quantitative estimate of drug-likeness (QED) is 0.868. The van der Waals surface area contributed by atoms with Gasteiger partial charge in [-0.05, 0) is 12.8 Å². The van der Waals surface area contributed by atoms with Crippen LogP contribution in [0.4, 0.5) is 13.2 Å². The number of aryl methyl sites for hydroxylation is 2. The van der Waals surface area contributed by atoms with Crippen molar-refractivity contribution in [2.75, 3.05) is 13.1 Å². The lowest BCUT2D eigenvalue weighted by atomic mass is 9.96. The molecule has 0 spiro atoms. The van der Waals surface area contributed by atoms with Crippen LogP contribution in [0.25, 0.3) is 0 Å². The van der Waals surface area contributed by atoms with E-state index in [0.29, 0.717) is 12.8 Å². The molecule has 2 rings (SSSR count). The molecule has 1 aliphatic rings. The molecule has 0 aromatic carbocycles. The molecule has 0 unspecified atom stereocenters. The summed E-state index contributed by atoms with van der Waals surface area (Å²) in [4.78, 5) is 24.7. The van der Waals surface area contributed by atoms with Crippen LogP contribution in [-0.4, -0.2) is 50.9 Å². The standard InChI is InChI=1S/C16H22F3N3O3/c1-4-12-9(13(5-2)21(3)20-12)6-14(23)22-7-10(15(24)25)11(8-22)16(17,18)19/h10-11H,4-8H2,1-3H3,(H,24,25)/t10-,11-/m1/s1. The molecule has 0 radical (unpaired) electrons. The molecule has 1 saturated heterocycles. The van der Waals surface area contributed by atoms with Gasteiger partial charge in [0.05, 0.1) is 24.0 Å². The second-order valence-electron chi connectivity index (χ2n) is 6.27. The zero-order chi connectivity index (χ0) is 18.9. The number of carbonyl (C=O) groups excluding carboxylic acids is 1. The molecular formula is C16H22F3N3O3. The highest BCUT2D eigenvalue weighted by atomic mass is 19.4. The van der Waals surface area contributed by atoms with E-state index in [1.54, 1.807) is 11.7 Å². The summed E-state index contributed by atoms with van der Waals surface area (Å²) >= 11 is 0. The molecule has 1 aromatic rings. The van der Waals surface area contributed by atoms with Gasteiger partial charge in [-0.1, -0.05) is 13.8 Å². The first-order valence-corrected chi connectivity index (χ1v) is 8.20. The van der Waals surface area contributed by atoms with Crippen molar-refractivity contribution < 1.29 is 27.9 Å². The smallest absolute Gasteiger partial charge is 0.394 e. The van der Waals surface area contributed by atoms with Crippen LogP contribution < -0.4 is 0 Å². The van der Waals surface area contributed by atoms with Gasteiger partial charge in [0.1, 0.15) is 0 Å². The number of rotatable bonds is 5. The summed E-state index contributed by atoms with van der Waals surface area (Å²) in [6.45, 7) is 2.79. The molecule has 140 valence electrons. The lowest BCUT2D eigenvalue weighted by Gasteiger charge is -2.18. The number of aromatic nitrogens is 2. The number of alkyl halides is 3. The molecule has 1 aromatic heterocycles. The molecule has 2 heterocycles. The number of nitrogens with zero attached hydrogens (tertiary/aromatic N) is 3. The lowest BCUT2D eigenvalue weighted by molar-refractivity contribution is -0.188. The fraction of sp³-hybridized carbons (Fsp3) is 0.688. The van der Waals surface area contributed by atoms with Gasteiger partial charge in [-0.2, -0.15) is 18.3 Å². The third-order valence-corrected chi connectivity index (χ3v) is 4.77. The zero-order valence-electron chi connectivity index (χ0n) is 14.4. The maximum atomic E-state index is 13.1. The van der Waals surface area contributed by atoms with Gasteiger partial charge >= 0.3 is 12.1 Å². The molecule has 1 fully saturated rings. The number of halogens is 3. The monoisotopic (exact) mass is 361 g/mol. The normalized spacial score (nSPS) is 21.0. The maximum absolute atomic E-state index is 13.1. The molecule has 0 saturated carbocycles. The van der Waals surface area contributed by atoms with E-state index < -0.39 is 43.0 Å². The minimum atomic E-state index is -4.64. The van der Waals surface area contributed by atoms with E-state index in [9.17, 15) is 22.8 Å². The predicted molar refractivity (Wildman–Crippen MR) is 82.9 cm³/mol. The molecule has 9 heteroatoms. The summed E-state index contributed by atoms with van der Waals surface area (Å²) in [5.41, 5.74) is 2.35. The van der Waals surface area contributed by atoms with Crippen molar-refractivity contribution in [3.05, 3.63) is 17.0 Å². The van der Waals surface area contributed by atoms with Crippen LogP contribution in [0, 0.1) is 11.8 Å². The molecule has 6 nitrogen and oxygen atoms in total. The number of amides is 1. The number of aliphatic carboxylic acids is 1. The highest BCUT2D eigenvalue weighted by Gasteiger charge is 2.53. The number of likely N-dealkylation sites (tertiary alicyclic amines) is 1. The van der Waals surface area contributed by atoms with Crippen molar-refractivity contribution in [1.29, 1.82) is 0 Å². The van der Waals surface area contributed by atoms with E-state index >= 15 is 0 Å². The van der Waals surface area contributed by atoms with Crippen LogP contribution in [0.5, 0.6) is 0 Å².